The van der Waals surface area contributed by atoms with Crippen LogP contribution in [-0.2, 0) is 30.0 Å². The van der Waals surface area contributed by atoms with Crippen LogP contribution in [0.1, 0.15) is 43.0 Å². The zero-order chi connectivity index (χ0) is 28.0. The summed E-state index contributed by atoms with van der Waals surface area (Å²) in [5.41, 5.74) is 3.38. The van der Waals surface area contributed by atoms with Crippen molar-refractivity contribution in [1.82, 2.24) is 24.2 Å². The minimum Gasteiger partial charge on any atom is -0.465 e. The predicted octanol–water partition coefficient (Wildman–Crippen LogP) is 3.14. The van der Waals surface area contributed by atoms with Crippen molar-refractivity contribution in [2.45, 2.75) is 56.3 Å². The van der Waals surface area contributed by atoms with E-state index in [0.717, 1.165) is 16.9 Å². The Morgan fingerprint density at radius 2 is 2.13 bits per heavy atom. The molecule has 2 N–H and O–H groups in total. The van der Waals surface area contributed by atoms with E-state index in [-0.39, 0.29) is 17.6 Å². The number of rotatable bonds is 11. The van der Waals surface area contributed by atoms with E-state index in [1.54, 1.807) is 37.6 Å². The SMILES string of the molecule is CC(CCCCN(C1Cc2cc(C#N)ccc2N(Cc2cncn2C)C1)S(=O)(=O)c1ccccn1)NC(=O)O. The van der Waals surface area contributed by atoms with Gasteiger partial charge in [0.1, 0.15) is 0 Å². The number of nitriles is 1. The topological polar surface area (TPSA) is 144 Å². The van der Waals surface area contributed by atoms with E-state index >= 15 is 0 Å². The summed E-state index contributed by atoms with van der Waals surface area (Å²) in [6.07, 6.45) is 6.17. The van der Waals surface area contributed by atoms with E-state index in [9.17, 15) is 18.5 Å². The van der Waals surface area contributed by atoms with Gasteiger partial charge in [0.25, 0.3) is 10.0 Å². The Hall–Kier alpha value is -3.95. The van der Waals surface area contributed by atoms with Crippen molar-refractivity contribution in [3.63, 3.8) is 0 Å². The first-order chi connectivity index (χ1) is 18.7. The number of aromatic nitrogens is 3. The number of hydrogen-bond donors (Lipinski definition) is 2. The Kier molecular flexibility index (Phi) is 8.83. The molecule has 0 saturated carbocycles. The fraction of sp³-hybridized carbons (Fsp3) is 0.407. The molecule has 3 aromatic rings. The summed E-state index contributed by atoms with van der Waals surface area (Å²) < 4.78 is 31.3. The van der Waals surface area contributed by atoms with Crippen LogP contribution in [-0.4, -0.2) is 63.6 Å². The summed E-state index contributed by atoms with van der Waals surface area (Å²) in [5, 5.41) is 20.9. The fourth-order valence-electron chi connectivity index (χ4n) is 4.99. The number of imidazole rings is 1. The van der Waals surface area contributed by atoms with Gasteiger partial charge in [-0.25, -0.2) is 23.2 Å². The predicted molar refractivity (Wildman–Crippen MR) is 146 cm³/mol. The van der Waals surface area contributed by atoms with Crippen LogP contribution >= 0.6 is 0 Å². The van der Waals surface area contributed by atoms with E-state index in [4.69, 9.17) is 5.11 Å². The molecule has 1 amide bonds. The van der Waals surface area contributed by atoms with Gasteiger partial charge in [-0.1, -0.05) is 12.5 Å². The molecule has 0 spiro atoms. The molecular formula is C27H33N7O4S. The van der Waals surface area contributed by atoms with Gasteiger partial charge in [0.2, 0.25) is 0 Å². The molecule has 1 aliphatic rings. The first kappa shape index (κ1) is 28.1. The third kappa shape index (κ3) is 6.74. The van der Waals surface area contributed by atoms with Crippen LogP contribution in [0, 0.1) is 11.3 Å². The first-order valence-corrected chi connectivity index (χ1v) is 14.3. The third-order valence-corrected chi connectivity index (χ3v) is 8.83. The number of unbranched alkanes of at least 4 members (excludes halogenated alkanes) is 1. The number of pyridine rings is 1. The van der Waals surface area contributed by atoms with Gasteiger partial charge < -0.3 is 19.9 Å². The number of anilines is 1. The number of nitrogens with one attached hydrogen (secondary N) is 1. The lowest BCUT2D eigenvalue weighted by atomic mass is 9.95. The van der Waals surface area contributed by atoms with E-state index in [2.05, 4.69) is 26.3 Å². The maximum absolute atomic E-state index is 13.9. The molecule has 12 heteroatoms. The molecule has 0 aliphatic carbocycles. The molecular weight excluding hydrogens is 518 g/mol. The largest absolute Gasteiger partial charge is 0.465 e. The van der Waals surface area contributed by atoms with Gasteiger partial charge in [-0.05, 0) is 62.1 Å². The second kappa shape index (κ2) is 12.3. The molecule has 3 heterocycles. The molecule has 4 rings (SSSR count). The van der Waals surface area contributed by atoms with Gasteiger partial charge in [-0.15, -0.1) is 0 Å². The molecule has 0 fully saturated rings. The number of benzene rings is 1. The number of carbonyl (C=O) groups is 1. The van der Waals surface area contributed by atoms with Crippen LogP contribution in [0.3, 0.4) is 0 Å². The molecule has 0 saturated heterocycles. The van der Waals surface area contributed by atoms with Crippen molar-refractivity contribution in [3.05, 3.63) is 71.9 Å². The maximum atomic E-state index is 13.9. The normalized spacial score (nSPS) is 15.9. The minimum atomic E-state index is -3.93. The van der Waals surface area contributed by atoms with Crippen LogP contribution in [0.4, 0.5) is 10.5 Å². The van der Waals surface area contributed by atoms with Gasteiger partial charge in [0, 0.05) is 50.3 Å². The van der Waals surface area contributed by atoms with Crippen LogP contribution in [0.25, 0.3) is 0 Å². The summed E-state index contributed by atoms with van der Waals surface area (Å²) in [7, 11) is -2.01. The van der Waals surface area contributed by atoms with Crippen molar-refractivity contribution in [3.8, 4) is 6.07 Å². The van der Waals surface area contributed by atoms with E-state index < -0.39 is 22.2 Å². The second-order valence-electron chi connectivity index (χ2n) is 9.82. The highest BCUT2D eigenvalue weighted by atomic mass is 32.2. The van der Waals surface area contributed by atoms with Crippen molar-refractivity contribution >= 4 is 21.8 Å². The van der Waals surface area contributed by atoms with Crippen LogP contribution in [0.2, 0.25) is 0 Å². The molecule has 1 aromatic carbocycles. The molecule has 0 bridgehead atoms. The monoisotopic (exact) mass is 551 g/mol. The van der Waals surface area contributed by atoms with E-state index in [1.165, 1.54) is 16.6 Å². The maximum Gasteiger partial charge on any atom is 0.404 e. The number of hydrogen-bond acceptors (Lipinski definition) is 7. The van der Waals surface area contributed by atoms with Gasteiger partial charge in [-0.3, -0.25) is 0 Å². The quantitative estimate of drug-likeness (QED) is 0.346. The van der Waals surface area contributed by atoms with Crippen LogP contribution in [0.5, 0.6) is 0 Å². The molecule has 2 aromatic heterocycles. The van der Waals surface area contributed by atoms with Gasteiger partial charge in [0.15, 0.2) is 5.03 Å². The fourth-order valence-corrected chi connectivity index (χ4v) is 6.58. The van der Waals surface area contributed by atoms with E-state index in [1.807, 2.05) is 23.7 Å². The molecule has 2 unspecified atom stereocenters. The van der Waals surface area contributed by atoms with Gasteiger partial charge >= 0.3 is 6.09 Å². The zero-order valence-electron chi connectivity index (χ0n) is 22.1. The summed E-state index contributed by atoms with van der Waals surface area (Å²) in [6.45, 7) is 3.03. The molecule has 1 aliphatic heterocycles. The lowest BCUT2D eigenvalue weighted by molar-refractivity contribution is 0.190. The Balaban J connectivity index is 1.64. The summed E-state index contributed by atoms with van der Waals surface area (Å²) >= 11 is 0. The number of fused-ring (bicyclic) bond motifs is 1. The Morgan fingerprint density at radius 1 is 1.31 bits per heavy atom. The summed E-state index contributed by atoms with van der Waals surface area (Å²) in [5.74, 6) is 0. The van der Waals surface area contributed by atoms with Gasteiger partial charge in [-0.2, -0.15) is 9.57 Å². The van der Waals surface area contributed by atoms with Crippen LogP contribution in [0.15, 0.2) is 60.1 Å². The van der Waals surface area contributed by atoms with Crippen molar-refractivity contribution in [2.24, 2.45) is 7.05 Å². The van der Waals surface area contributed by atoms with Gasteiger partial charge in [0.05, 0.1) is 30.2 Å². The molecule has 39 heavy (non-hydrogen) atoms. The minimum absolute atomic E-state index is 0.0133. The first-order valence-electron chi connectivity index (χ1n) is 12.8. The standard InChI is InChI=1S/C27H33N7O4S/c1-20(31-27(35)36)7-4-6-12-34(39(37,38)26-8-3-5-11-30-26)23-14-22-13-21(15-28)9-10-25(22)33(17-23)18-24-16-29-19-32(24)2/h3,5,8-11,13,16,19-20,23,31H,4,6-7,12,14,17-18H2,1-2H3,(H,35,36). The van der Waals surface area contributed by atoms with Crippen molar-refractivity contribution in [2.75, 3.05) is 18.0 Å². The van der Waals surface area contributed by atoms with Crippen molar-refractivity contribution < 1.29 is 18.3 Å². The third-order valence-electron chi connectivity index (χ3n) is 6.96. The summed E-state index contributed by atoms with van der Waals surface area (Å²) in [6, 6.07) is 11.9. The highest BCUT2D eigenvalue weighted by Crippen LogP contribution is 2.33. The second-order valence-corrected chi connectivity index (χ2v) is 11.7. The molecule has 206 valence electrons. The van der Waals surface area contributed by atoms with Crippen molar-refractivity contribution in [1.29, 1.82) is 5.26 Å². The number of aryl methyl sites for hydroxylation is 1. The number of nitrogens with zero attached hydrogens (tertiary/aromatic N) is 6. The number of carboxylic acid groups (broad SMARTS) is 1. The molecule has 2 atom stereocenters. The summed E-state index contributed by atoms with van der Waals surface area (Å²) in [4.78, 5) is 21.4. The Labute approximate surface area is 228 Å². The lowest BCUT2D eigenvalue weighted by Gasteiger charge is -2.40. The Morgan fingerprint density at radius 3 is 2.79 bits per heavy atom. The molecule has 11 nitrogen and oxygen atoms in total. The molecule has 0 radical (unpaired) electrons. The Bertz CT molecular complexity index is 1440. The average molecular weight is 552 g/mol. The highest BCUT2D eigenvalue weighted by Gasteiger charge is 2.36. The number of sulfonamides is 1. The average Bonchev–Trinajstić information content (AvgIpc) is 3.32. The van der Waals surface area contributed by atoms with Crippen LogP contribution < -0.4 is 10.2 Å². The van der Waals surface area contributed by atoms with E-state index in [0.29, 0.717) is 44.3 Å². The lowest BCUT2D eigenvalue weighted by Crippen LogP contribution is -2.51. The zero-order valence-corrected chi connectivity index (χ0v) is 22.9. The smallest absolute Gasteiger partial charge is 0.404 e. The highest BCUT2D eigenvalue weighted by molar-refractivity contribution is 7.89. The number of amides is 1.